The predicted octanol–water partition coefficient (Wildman–Crippen LogP) is 2.47. The van der Waals surface area contributed by atoms with Crippen LogP contribution in [0.3, 0.4) is 0 Å². The summed E-state index contributed by atoms with van der Waals surface area (Å²) in [7, 11) is 0. The van der Waals surface area contributed by atoms with Crippen molar-refractivity contribution < 1.29 is 4.74 Å². The van der Waals surface area contributed by atoms with Crippen molar-refractivity contribution in [1.82, 2.24) is 20.1 Å². The third-order valence-electron chi connectivity index (χ3n) is 3.88. The number of nitrogens with one attached hydrogen (secondary N) is 1. The maximum atomic E-state index is 5.62. The molecule has 1 atom stereocenters. The van der Waals surface area contributed by atoms with E-state index in [1.165, 1.54) is 0 Å². The van der Waals surface area contributed by atoms with Crippen LogP contribution in [-0.4, -0.2) is 27.4 Å². The second-order valence-corrected chi connectivity index (χ2v) is 6.53. The van der Waals surface area contributed by atoms with Crippen LogP contribution in [0.25, 0.3) is 0 Å². The number of terminal acetylenes is 1. The number of fused-ring (bicyclic) bond motifs is 1. The second kappa shape index (κ2) is 7.16. The molecular formula is C17H19BrN4O. The molecule has 2 heterocycles. The monoisotopic (exact) mass is 374 g/mol. The summed E-state index contributed by atoms with van der Waals surface area (Å²) in [5.74, 6) is 5.26. The standard InChI is InChI=1S/C17H19BrN4O/c1-3-8-23-16-6-4-14(18)9-13(16)10-19-15-5-7-17-20-12(2)21-22(17)11-15/h1,4,6,9,15,19H,5,7-8,10-11H2,2H3. The van der Waals surface area contributed by atoms with E-state index in [-0.39, 0.29) is 6.61 Å². The van der Waals surface area contributed by atoms with E-state index in [1.54, 1.807) is 0 Å². The lowest BCUT2D eigenvalue weighted by Crippen LogP contribution is -2.37. The van der Waals surface area contributed by atoms with E-state index in [2.05, 4.69) is 43.3 Å². The van der Waals surface area contributed by atoms with Crippen molar-refractivity contribution >= 4 is 15.9 Å². The summed E-state index contributed by atoms with van der Waals surface area (Å²) in [4.78, 5) is 4.44. The highest BCUT2D eigenvalue weighted by Gasteiger charge is 2.20. The quantitative estimate of drug-likeness (QED) is 0.816. The number of benzene rings is 1. The van der Waals surface area contributed by atoms with Crippen LogP contribution >= 0.6 is 15.9 Å². The minimum atomic E-state index is 0.277. The van der Waals surface area contributed by atoms with Crippen molar-refractivity contribution in [2.24, 2.45) is 0 Å². The zero-order chi connectivity index (χ0) is 16.2. The van der Waals surface area contributed by atoms with Gasteiger partial charge in [-0.05, 0) is 31.5 Å². The van der Waals surface area contributed by atoms with Gasteiger partial charge in [0.25, 0.3) is 0 Å². The van der Waals surface area contributed by atoms with Gasteiger partial charge in [-0.25, -0.2) is 9.67 Å². The molecule has 0 saturated heterocycles. The zero-order valence-electron chi connectivity index (χ0n) is 13.1. The van der Waals surface area contributed by atoms with Crippen molar-refractivity contribution in [3.05, 3.63) is 39.9 Å². The van der Waals surface area contributed by atoms with Crippen LogP contribution in [-0.2, 0) is 19.5 Å². The molecule has 0 spiro atoms. The van der Waals surface area contributed by atoms with E-state index in [0.717, 1.165) is 53.4 Å². The van der Waals surface area contributed by atoms with Gasteiger partial charge >= 0.3 is 0 Å². The molecule has 0 radical (unpaired) electrons. The van der Waals surface area contributed by atoms with Crippen LogP contribution in [0, 0.1) is 19.3 Å². The zero-order valence-corrected chi connectivity index (χ0v) is 14.6. The fourth-order valence-corrected chi connectivity index (χ4v) is 3.21. The average Bonchev–Trinajstić information content (AvgIpc) is 2.91. The molecule has 2 aromatic rings. The molecule has 120 valence electrons. The summed E-state index contributed by atoms with van der Waals surface area (Å²) in [6.45, 7) is 3.79. The summed E-state index contributed by atoms with van der Waals surface area (Å²) < 4.78 is 8.65. The largest absolute Gasteiger partial charge is 0.481 e. The Bertz CT molecular complexity index is 735. The summed E-state index contributed by atoms with van der Waals surface area (Å²) in [6, 6.07) is 6.34. The highest BCUT2D eigenvalue weighted by atomic mass is 79.9. The Morgan fingerprint density at radius 2 is 2.39 bits per heavy atom. The minimum absolute atomic E-state index is 0.277. The first-order chi connectivity index (χ1) is 11.2. The van der Waals surface area contributed by atoms with Gasteiger partial charge in [-0.3, -0.25) is 0 Å². The SMILES string of the molecule is C#CCOc1ccc(Br)cc1CNC1CCc2nc(C)nn2C1. The highest BCUT2D eigenvalue weighted by molar-refractivity contribution is 9.10. The first kappa shape index (κ1) is 16.0. The maximum Gasteiger partial charge on any atom is 0.148 e. The first-order valence-electron chi connectivity index (χ1n) is 7.64. The Kier molecular flexibility index (Phi) is 4.99. The fourth-order valence-electron chi connectivity index (χ4n) is 2.80. The number of halogens is 1. The van der Waals surface area contributed by atoms with E-state index in [9.17, 15) is 0 Å². The molecule has 0 fully saturated rings. The molecule has 1 aliphatic rings. The van der Waals surface area contributed by atoms with E-state index in [0.29, 0.717) is 6.04 Å². The van der Waals surface area contributed by atoms with Gasteiger partial charge in [0.15, 0.2) is 0 Å². The maximum absolute atomic E-state index is 5.62. The van der Waals surface area contributed by atoms with Gasteiger partial charge in [-0.2, -0.15) is 5.10 Å². The summed E-state index contributed by atoms with van der Waals surface area (Å²) in [6.07, 6.45) is 7.30. The Hall–Kier alpha value is -1.84. The van der Waals surface area contributed by atoms with Crippen molar-refractivity contribution in [3.63, 3.8) is 0 Å². The second-order valence-electron chi connectivity index (χ2n) is 5.62. The van der Waals surface area contributed by atoms with Gasteiger partial charge < -0.3 is 10.1 Å². The third-order valence-corrected chi connectivity index (χ3v) is 4.37. The van der Waals surface area contributed by atoms with Crippen molar-refractivity contribution in [3.8, 4) is 18.1 Å². The Balaban J connectivity index is 1.64. The van der Waals surface area contributed by atoms with Crippen LogP contribution in [0.15, 0.2) is 22.7 Å². The molecule has 0 bridgehead atoms. The van der Waals surface area contributed by atoms with E-state index >= 15 is 0 Å². The molecular weight excluding hydrogens is 356 g/mol. The van der Waals surface area contributed by atoms with Gasteiger partial charge in [0.1, 0.15) is 24.0 Å². The Morgan fingerprint density at radius 1 is 1.52 bits per heavy atom. The van der Waals surface area contributed by atoms with Gasteiger partial charge in [-0.1, -0.05) is 21.9 Å². The molecule has 1 aromatic heterocycles. The van der Waals surface area contributed by atoms with Crippen LogP contribution < -0.4 is 10.1 Å². The van der Waals surface area contributed by atoms with Gasteiger partial charge in [-0.15, -0.1) is 6.42 Å². The van der Waals surface area contributed by atoms with Crippen molar-refractivity contribution in [1.29, 1.82) is 0 Å². The van der Waals surface area contributed by atoms with Crippen LogP contribution in [0.2, 0.25) is 0 Å². The molecule has 5 nitrogen and oxygen atoms in total. The average molecular weight is 375 g/mol. The number of hydrogen-bond donors (Lipinski definition) is 1. The van der Waals surface area contributed by atoms with E-state index < -0.39 is 0 Å². The molecule has 1 aromatic carbocycles. The summed E-state index contributed by atoms with van der Waals surface area (Å²) >= 11 is 3.51. The lowest BCUT2D eigenvalue weighted by Gasteiger charge is -2.24. The van der Waals surface area contributed by atoms with Crippen LogP contribution in [0.5, 0.6) is 5.75 Å². The van der Waals surface area contributed by atoms with Crippen molar-refractivity contribution in [2.45, 2.75) is 38.9 Å². The smallest absolute Gasteiger partial charge is 0.148 e. The molecule has 0 aliphatic carbocycles. The highest BCUT2D eigenvalue weighted by Crippen LogP contribution is 2.24. The number of aryl methyl sites for hydroxylation is 2. The minimum Gasteiger partial charge on any atom is -0.481 e. The molecule has 23 heavy (non-hydrogen) atoms. The molecule has 1 unspecified atom stereocenters. The Labute approximate surface area is 144 Å². The molecule has 0 amide bonds. The van der Waals surface area contributed by atoms with Gasteiger partial charge in [0, 0.05) is 29.0 Å². The van der Waals surface area contributed by atoms with Crippen LogP contribution in [0.4, 0.5) is 0 Å². The molecule has 1 N–H and O–H groups in total. The first-order valence-corrected chi connectivity index (χ1v) is 8.43. The van der Waals surface area contributed by atoms with Crippen LogP contribution in [0.1, 0.15) is 23.6 Å². The number of ether oxygens (including phenoxy) is 1. The lowest BCUT2D eigenvalue weighted by molar-refractivity contribution is 0.345. The number of nitrogens with zero attached hydrogens (tertiary/aromatic N) is 3. The summed E-state index contributed by atoms with van der Waals surface area (Å²) in [5.41, 5.74) is 1.09. The topological polar surface area (TPSA) is 52.0 Å². The summed E-state index contributed by atoms with van der Waals surface area (Å²) in [5, 5.41) is 8.03. The Morgan fingerprint density at radius 3 is 3.22 bits per heavy atom. The van der Waals surface area contributed by atoms with E-state index in [1.807, 2.05) is 23.7 Å². The number of hydrogen-bond acceptors (Lipinski definition) is 4. The van der Waals surface area contributed by atoms with Crippen molar-refractivity contribution in [2.75, 3.05) is 6.61 Å². The predicted molar refractivity (Wildman–Crippen MR) is 92.2 cm³/mol. The molecule has 3 rings (SSSR count). The third kappa shape index (κ3) is 3.92. The molecule has 0 saturated carbocycles. The molecule has 1 aliphatic heterocycles. The lowest BCUT2D eigenvalue weighted by atomic mass is 10.1. The fraction of sp³-hybridized carbons (Fsp3) is 0.412. The normalized spacial score (nSPS) is 16.7. The number of rotatable bonds is 5. The van der Waals surface area contributed by atoms with E-state index in [4.69, 9.17) is 11.2 Å². The number of aromatic nitrogens is 3. The van der Waals surface area contributed by atoms with Gasteiger partial charge in [0.05, 0.1) is 6.54 Å². The van der Waals surface area contributed by atoms with Gasteiger partial charge in [0.2, 0.25) is 0 Å². The molecule has 6 heteroatoms.